The molecule has 26 heavy (non-hydrogen) atoms. The van der Waals surface area contributed by atoms with Gasteiger partial charge in [-0.2, -0.15) is 0 Å². The highest BCUT2D eigenvalue weighted by Crippen LogP contribution is 2.18. The van der Waals surface area contributed by atoms with Crippen LogP contribution in [0.4, 0.5) is 0 Å². The topological polar surface area (TPSA) is 86.7 Å². The van der Waals surface area contributed by atoms with Crippen molar-refractivity contribution < 1.29 is 19.5 Å². The summed E-state index contributed by atoms with van der Waals surface area (Å²) in [4.78, 5) is 38.6. The molecule has 0 spiro atoms. The number of nitrogens with one attached hydrogen (secondary N) is 1. The van der Waals surface area contributed by atoms with Crippen molar-refractivity contribution >= 4 is 29.1 Å². The zero-order valence-electron chi connectivity index (χ0n) is 14.2. The molecule has 1 aliphatic rings. The lowest BCUT2D eigenvalue weighted by Crippen LogP contribution is -2.48. The Morgan fingerprint density at radius 1 is 1.04 bits per heavy atom. The molecular formula is C19H20N2O4S. The van der Waals surface area contributed by atoms with E-state index in [2.05, 4.69) is 5.32 Å². The van der Waals surface area contributed by atoms with Crippen molar-refractivity contribution in [1.29, 1.82) is 0 Å². The van der Waals surface area contributed by atoms with Gasteiger partial charge in [0.1, 0.15) is 10.9 Å². The molecule has 1 fully saturated rings. The SMILES string of the molecule is O=C(O)c1ccc(C(=O)N[C@H](Cc2ccccc2)C(=O)N2CCCC2)s1. The predicted octanol–water partition coefficient (Wildman–Crippen LogP) is 2.41. The molecule has 0 unspecified atom stereocenters. The molecule has 1 saturated heterocycles. The summed E-state index contributed by atoms with van der Waals surface area (Å²) in [5, 5.41) is 11.8. The Labute approximate surface area is 155 Å². The lowest BCUT2D eigenvalue weighted by Gasteiger charge is -2.24. The van der Waals surface area contributed by atoms with Crippen LogP contribution in [0.25, 0.3) is 0 Å². The molecular weight excluding hydrogens is 352 g/mol. The van der Waals surface area contributed by atoms with E-state index < -0.39 is 17.9 Å². The minimum atomic E-state index is -1.07. The van der Waals surface area contributed by atoms with Crippen LogP contribution < -0.4 is 5.32 Å². The highest BCUT2D eigenvalue weighted by molar-refractivity contribution is 7.15. The fraction of sp³-hybridized carbons (Fsp3) is 0.316. The number of thiophene rings is 1. The van der Waals surface area contributed by atoms with E-state index in [1.807, 2.05) is 30.3 Å². The lowest BCUT2D eigenvalue weighted by molar-refractivity contribution is -0.132. The van der Waals surface area contributed by atoms with Crippen molar-refractivity contribution in [3.63, 3.8) is 0 Å². The van der Waals surface area contributed by atoms with Gasteiger partial charge in [-0.05, 0) is 30.5 Å². The molecule has 7 heteroatoms. The molecule has 0 aliphatic carbocycles. The molecule has 2 aromatic rings. The normalized spacial score (nSPS) is 14.8. The third-order valence-electron chi connectivity index (χ3n) is 4.34. The fourth-order valence-electron chi connectivity index (χ4n) is 3.01. The summed E-state index contributed by atoms with van der Waals surface area (Å²) in [6, 6.07) is 11.7. The van der Waals surface area contributed by atoms with Crippen LogP contribution in [0.3, 0.4) is 0 Å². The summed E-state index contributed by atoms with van der Waals surface area (Å²) < 4.78 is 0. The number of carboxylic acids is 1. The monoisotopic (exact) mass is 372 g/mol. The van der Waals surface area contributed by atoms with Crippen LogP contribution in [0, 0.1) is 0 Å². The largest absolute Gasteiger partial charge is 0.477 e. The number of hydrogen-bond acceptors (Lipinski definition) is 4. The van der Waals surface area contributed by atoms with Gasteiger partial charge in [-0.1, -0.05) is 30.3 Å². The molecule has 0 radical (unpaired) electrons. The van der Waals surface area contributed by atoms with Crippen molar-refractivity contribution in [2.75, 3.05) is 13.1 Å². The number of amides is 2. The molecule has 1 aromatic heterocycles. The highest BCUT2D eigenvalue weighted by atomic mass is 32.1. The maximum atomic E-state index is 12.9. The number of benzene rings is 1. The number of hydrogen-bond donors (Lipinski definition) is 2. The first-order valence-electron chi connectivity index (χ1n) is 8.51. The lowest BCUT2D eigenvalue weighted by atomic mass is 10.0. The first-order valence-corrected chi connectivity index (χ1v) is 9.33. The second-order valence-electron chi connectivity index (χ2n) is 6.22. The van der Waals surface area contributed by atoms with Crippen molar-refractivity contribution in [2.24, 2.45) is 0 Å². The Balaban J connectivity index is 1.76. The van der Waals surface area contributed by atoms with E-state index in [4.69, 9.17) is 5.11 Å². The molecule has 1 aliphatic heterocycles. The smallest absolute Gasteiger partial charge is 0.345 e. The summed E-state index contributed by atoms with van der Waals surface area (Å²) in [6.07, 6.45) is 2.36. The number of carbonyl (C=O) groups is 3. The standard InChI is InChI=1S/C19H20N2O4S/c22-17(15-8-9-16(26-15)19(24)25)20-14(12-13-6-2-1-3-7-13)18(23)21-10-4-5-11-21/h1-3,6-9,14H,4-5,10-12H2,(H,20,22)(H,24,25)/t14-/m1/s1. The summed E-state index contributed by atoms with van der Waals surface area (Å²) in [5.41, 5.74) is 0.961. The Bertz CT molecular complexity index is 797. The first kappa shape index (κ1) is 18.1. The zero-order chi connectivity index (χ0) is 18.5. The van der Waals surface area contributed by atoms with E-state index in [9.17, 15) is 14.4 Å². The third-order valence-corrected chi connectivity index (χ3v) is 5.42. The predicted molar refractivity (Wildman–Crippen MR) is 98.5 cm³/mol. The summed E-state index contributed by atoms with van der Waals surface area (Å²) in [6.45, 7) is 1.42. The van der Waals surface area contributed by atoms with Crippen LogP contribution in [-0.4, -0.2) is 46.9 Å². The maximum Gasteiger partial charge on any atom is 0.345 e. The molecule has 2 N–H and O–H groups in total. The van der Waals surface area contributed by atoms with Crippen molar-refractivity contribution in [3.8, 4) is 0 Å². The van der Waals surface area contributed by atoms with E-state index in [1.165, 1.54) is 12.1 Å². The Morgan fingerprint density at radius 3 is 2.31 bits per heavy atom. The summed E-state index contributed by atoms with van der Waals surface area (Å²) >= 11 is 0.905. The summed E-state index contributed by atoms with van der Waals surface area (Å²) in [5.74, 6) is -1.58. The van der Waals surface area contributed by atoms with E-state index in [0.717, 1.165) is 29.7 Å². The van der Waals surface area contributed by atoms with Crippen LogP contribution in [0.15, 0.2) is 42.5 Å². The first-order chi connectivity index (χ1) is 12.5. The number of nitrogens with zero attached hydrogens (tertiary/aromatic N) is 1. The van der Waals surface area contributed by atoms with Gasteiger partial charge in [0.05, 0.1) is 4.88 Å². The van der Waals surface area contributed by atoms with Gasteiger partial charge < -0.3 is 15.3 Å². The van der Waals surface area contributed by atoms with Crippen molar-refractivity contribution in [2.45, 2.75) is 25.3 Å². The molecule has 3 rings (SSSR count). The molecule has 136 valence electrons. The van der Waals surface area contributed by atoms with Crippen LogP contribution in [0.5, 0.6) is 0 Å². The zero-order valence-corrected chi connectivity index (χ0v) is 15.0. The molecule has 6 nitrogen and oxygen atoms in total. The van der Waals surface area contributed by atoms with Gasteiger partial charge in [-0.15, -0.1) is 11.3 Å². The Hall–Kier alpha value is -2.67. The molecule has 0 saturated carbocycles. The second-order valence-corrected chi connectivity index (χ2v) is 7.30. The number of aromatic carboxylic acids is 1. The Morgan fingerprint density at radius 2 is 1.69 bits per heavy atom. The minimum absolute atomic E-state index is 0.0882. The quantitative estimate of drug-likeness (QED) is 0.815. The highest BCUT2D eigenvalue weighted by Gasteiger charge is 2.28. The van der Waals surface area contributed by atoms with Crippen LogP contribution in [0.2, 0.25) is 0 Å². The van der Waals surface area contributed by atoms with Crippen molar-refractivity contribution in [1.82, 2.24) is 10.2 Å². The average molecular weight is 372 g/mol. The van der Waals surface area contributed by atoms with E-state index in [1.54, 1.807) is 4.90 Å². The van der Waals surface area contributed by atoms with Gasteiger partial charge in [0.15, 0.2) is 0 Å². The molecule has 2 heterocycles. The number of carboxylic acid groups (broad SMARTS) is 1. The van der Waals surface area contributed by atoms with E-state index in [0.29, 0.717) is 19.5 Å². The molecule has 1 atom stereocenters. The van der Waals surface area contributed by atoms with Gasteiger partial charge in [-0.25, -0.2) is 4.79 Å². The molecule has 0 bridgehead atoms. The third kappa shape index (κ3) is 4.29. The fourth-order valence-corrected chi connectivity index (χ4v) is 3.76. The number of rotatable bonds is 6. The van der Waals surface area contributed by atoms with E-state index in [-0.39, 0.29) is 15.7 Å². The maximum absolute atomic E-state index is 12.9. The minimum Gasteiger partial charge on any atom is -0.477 e. The van der Waals surface area contributed by atoms with Gasteiger partial charge in [0, 0.05) is 19.5 Å². The van der Waals surface area contributed by atoms with Gasteiger partial charge >= 0.3 is 5.97 Å². The number of likely N-dealkylation sites (tertiary alicyclic amines) is 1. The molecule has 2 amide bonds. The molecule has 1 aromatic carbocycles. The van der Waals surface area contributed by atoms with E-state index >= 15 is 0 Å². The van der Waals surface area contributed by atoms with Gasteiger partial charge in [0.25, 0.3) is 5.91 Å². The Kier molecular flexibility index (Phi) is 5.68. The summed E-state index contributed by atoms with van der Waals surface area (Å²) in [7, 11) is 0. The van der Waals surface area contributed by atoms with Crippen molar-refractivity contribution in [3.05, 3.63) is 57.8 Å². The average Bonchev–Trinajstić information content (AvgIpc) is 3.33. The number of carbonyl (C=O) groups excluding carboxylic acids is 2. The van der Waals surface area contributed by atoms with Crippen LogP contribution in [-0.2, 0) is 11.2 Å². The van der Waals surface area contributed by atoms with Gasteiger partial charge in [-0.3, -0.25) is 9.59 Å². The van der Waals surface area contributed by atoms with Gasteiger partial charge in [0.2, 0.25) is 5.91 Å². The van der Waals surface area contributed by atoms with Crippen LogP contribution in [0.1, 0.15) is 37.7 Å². The second kappa shape index (κ2) is 8.14. The van der Waals surface area contributed by atoms with Crippen LogP contribution >= 0.6 is 11.3 Å².